The molecule has 0 atom stereocenters. The minimum absolute atomic E-state index is 0.0907. The summed E-state index contributed by atoms with van der Waals surface area (Å²) in [4.78, 5) is 15.1. The average Bonchev–Trinajstić information content (AvgIpc) is 2.82. The van der Waals surface area contributed by atoms with Gasteiger partial charge in [0.05, 0.1) is 0 Å². The first-order valence-corrected chi connectivity index (χ1v) is 4.73. The molecule has 2 rings (SSSR count). The zero-order valence-corrected chi connectivity index (χ0v) is 7.79. The lowest BCUT2D eigenvalue weighted by atomic mass is 10.4. The van der Waals surface area contributed by atoms with Crippen LogP contribution >= 0.6 is 0 Å². The Balaban J connectivity index is 1.60. The standard InChI is InChI=1S/C8H13N5O/c14-8(12-6-1-2-6)9-4-3-7-10-5-11-13-7/h5-6H,1-4H2,(H2,9,12,14)(H,10,11,13). The first kappa shape index (κ1) is 8.98. The molecule has 6 nitrogen and oxygen atoms in total. The van der Waals surface area contributed by atoms with Crippen LogP contribution in [0.3, 0.4) is 0 Å². The van der Waals surface area contributed by atoms with Gasteiger partial charge in [-0.3, -0.25) is 5.10 Å². The van der Waals surface area contributed by atoms with Gasteiger partial charge < -0.3 is 10.6 Å². The van der Waals surface area contributed by atoms with Crippen molar-refractivity contribution in [2.24, 2.45) is 0 Å². The molecule has 1 aromatic rings. The van der Waals surface area contributed by atoms with Crippen LogP contribution in [-0.2, 0) is 6.42 Å². The Hall–Kier alpha value is -1.59. The van der Waals surface area contributed by atoms with Gasteiger partial charge in [0.15, 0.2) is 0 Å². The van der Waals surface area contributed by atoms with E-state index in [0.29, 0.717) is 19.0 Å². The van der Waals surface area contributed by atoms with Crippen molar-refractivity contribution >= 4 is 6.03 Å². The van der Waals surface area contributed by atoms with E-state index in [1.54, 1.807) is 0 Å². The molecule has 0 unspecified atom stereocenters. The van der Waals surface area contributed by atoms with Crippen LogP contribution in [0.25, 0.3) is 0 Å². The number of carbonyl (C=O) groups excluding carboxylic acids is 1. The predicted octanol–water partition coefficient (Wildman–Crippen LogP) is -0.191. The molecule has 6 heteroatoms. The van der Waals surface area contributed by atoms with Crippen molar-refractivity contribution in [1.82, 2.24) is 25.8 Å². The number of nitrogens with one attached hydrogen (secondary N) is 3. The first-order valence-electron chi connectivity index (χ1n) is 4.73. The highest BCUT2D eigenvalue weighted by Crippen LogP contribution is 2.18. The highest BCUT2D eigenvalue weighted by Gasteiger charge is 2.22. The summed E-state index contributed by atoms with van der Waals surface area (Å²) in [5, 5.41) is 12.0. The molecule has 0 bridgehead atoms. The Morgan fingerprint density at radius 2 is 2.50 bits per heavy atom. The number of nitrogens with zero attached hydrogens (tertiary/aromatic N) is 2. The number of urea groups is 1. The molecular formula is C8H13N5O. The molecule has 1 aromatic heterocycles. The quantitative estimate of drug-likeness (QED) is 0.622. The lowest BCUT2D eigenvalue weighted by Gasteiger charge is -2.04. The summed E-state index contributed by atoms with van der Waals surface area (Å²) in [5.74, 6) is 0.789. The molecule has 0 spiro atoms. The predicted molar refractivity (Wildman–Crippen MR) is 49.6 cm³/mol. The number of hydrogen-bond acceptors (Lipinski definition) is 3. The van der Waals surface area contributed by atoms with Crippen LogP contribution < -0.4 is 10.6 Å². The topological polar surface area (TPSA) is 82.7 Å². The molecule has 1 aliphatic carbocycles. The largest absolute Gasteiger partial charge is 0.338 e. The molecule has 0 radical (unpaired) electrons. The van der Waals surface area contributed by atoms with E-state index >= 15 is 0 Å². The fourth-order valence-electron chi connectivity index (χ4n) is 1.11. The summed E-state index contributed by atoms with van der Waals surface area (Å²) >= 11 is 0. The van der Waals surface area contributed by atoms with E-state index in [9.17, 15) is 4.79 Å². The van der Waals surface area contributed by atoms with Crippen molar-refractivity contribution in [2.75, 3.05) is 6.54 Å². The van der Waals surface area contributed by atoms with Crippen LogP contribution in [0.15, 0.2) is 6.33 Å². The Kier molecular flexibility index (Phi) is 2.62. The van der Waals surface area contributed by atoms with E-state index in [-0.39, 0.29) is 6.03 Å². The van der Waals surface area contributed by atoms with Crippen LogP contribution in [-0.4, -0.2) is 33.8 Å². The number of hydrogen-bond donors (Lipinski definition) is 3. The highest BCUT2D eigenvalue weighted by molar-refractivity contribution is 5.74. The average molecular weight is 195 g/mol. The van der Waals surface area contributed by atoms with Crippen molar-refractivity contribution in [3.05, 3.63) is 12.2 Å². The molecule has 3 N–H and O–H groups in total. The van der Waals surface area contributed by atoms with E-state index in [0.717, 1.165) is 18.7 Å². The lowest BCUT2D eigenvalue weighted by Crippen LogP contribution is -2.37. The maximum absolute atomic E-state index is 11.2. The Labute approximate surface area is 81.5 Å². The van der Waals surface area contributed by atoms with Crippen LogP contribution in [0.5, 0.6) is 0 Å². The minimum atomic E-state index is -0.0907. The van der Waals surface area contributed by atoms with Gasteiger partial charge >= 0.3 is 6.03 Å². The molecule has 1 heterocycles. The normalized spacial score (nSPS) is 15.1. The summed E-state index contributed by atoms with van der Waals surface area (Å²) in [7, 11) is 0. The Morgan fingerprint density at radius 3 is 3.14 bits per heavy atom. The van der Waals surface area contributed by atoms with Gasteiger partial charge in [-0.15, -0.1) is 0 Å². The second kappa shape index (κ2) is 4.08. The van der Waals surface area contributed by atoms with Crippen molar-refractivity contribution in [3.63, 3.8) is 0 Å². The van der Waals surface area contributed by atoms with Gasteiger partial charge in [-0.1, -0.05) is 0 Å². The van der Waals surface area contributed by atoms with Gasteiger partial charge in [0.1, 0.15) is 12.2 Å². The maximum atomic E-state index is 11.2. The zero-order valence-electron chi connectivity index (χ0n) is 7.79. The van der Waals surface area contributed by atoms with E-state index in [1.807, 2.05) is 0 Å². The molecule has 14 heavy (non-hydrogen) atoms. The van der Waals surface area contributed by atoms with Crippen LogP contribution in [0.4, 0.5) is 4.79 Å². The van der Waals surface area contributed by atoms with Gasteiger partial charge in [0.2, 0.25) is 0 Å². The number of amides is 2. The van der Waals surface area contributed by atoms with Gasteiger partial charge in [0.25, 0.3) is 0 Å². The van der Waals surface area contributed by atoms with Crippen molar-refractivity contribution in [1.29, 1.82) is 0 Å². The molecular weight excluding hydrogens is 182 g/mol. The van der Waals surface area contributed by atoms with Crippen molar-refractivity contribution in [3.8, 4) is 0 Å². The smallest absolute Gasteiger partial charge is 0.315 e. The highest BCUT2D eigenvalue weighted by atomic mass is 16.2. The lowest BCUT2D eigenvalue weighted by molar-refractivity contribution is 0.240. The summed E-state index contributed by atoms with van der Waals surface area (Å²) in [5.41, 5.74) is 0. The molecule has 1 aliphatic rings. The third-order valence-corrected chi connectivity index (χ3v) is 2.02. The number of rotatable bonds is 4. The summed E-state index contributed by atoms with van der Waals surface area (Å²) in [6.07, 6.45) is 4.35. The zero-order chi connectivity index (χ0) is 9.80. The van der Waals surface area contributed by atoms with Crippen LogP contribution in [0.2, 0.25) is 0 Å². The van der Waals surface area contributed by atoms with Crippen LogP contribution in [0, 0.1) is 0 Å². The molecule has 1 saturated carbocycles. The second-order valence-electron chi connectivity index (χ2n) is 3.36. The fraction of sp³-hybridized carbons (Fsp3) is 0.625. The van der Waals surface area contributed by atoms with Crippen LogP contribution in [0.1, 0.15) is 18.7 Å². The van der Waals surface area contributed by atoms with E-state index in [2.05, 4.69) is 25.8 Å². The fourth-order valence-corrected chi connectivity index (χ4v) is 1.11. The van der Waals surface area contributed by atoms with E-state index in [4.69, 9.17) is 0 Å². The SMILES string of the molecule is O=C(NCCc1ncn[nH]1)NC1CC1. The molecule has 1 fully saturated rings. The number of H-pyrrole nitrogens is 1. The third-order valence-electron chi connectivity index (χ3n) is 2.02. The third kappa shape index (κ3) is 2.72. The Morgan fingerprint density at radius 1 is 1.64 bits per heavy atom. The van der Waals surface area contributed by atoms with Gasteiger partial charge in [-0.05, 0) is 12.8 Å². The van der Waals surface area contributed by atoms with Crippen molar-refractivity contribution < 1.29 is 4.79 Å². The number of aromatic nitrogens is 3. The summed E-state index contributed by atoms with van der Waals surface area (Å²) in [6, 6.07) is 0.312. The summed E-state index contributed by atoms with van der Waals surface area (Å²) < 4.78 is 0. The Bertz CT molecular complexity index is 293. The molecule has 0 aliphatic heterocycles. The van der Waals surface area contributed by atoms with Gasteiger partial charge in [0, 0.05) is 19.0 Å². The molecule has 76 valence electrons. The minimum Gasteiger partial charge on any atom is -0.338 e. The van der Waals surface area contributed by atoms with Crippen molar-refractivity contribution in [2.45, 2.75) is 25.3 Å². The first-order chi connectivity index (χ1) is 6.84. The van der Waals surface area contributed by atoms with E-state index < -0.39 is 0 Å². The van der Waals surface area contributed by atoms with Gasteiger partial charge in [-0.2, -0.15) is 5.10 Å². The molecule has 0 aromatic carbocycles. The van der Waals surface area contributed by atoms with Gasteiger partial charge in [-0.25, -0.2) is 9.78 Å². The summed E-state index contributed by atoms with van der Waals surface area (Å²) in [6.45, 7) is 0.577. The monoisotopic (exact) mass is 195 g/mol. The molecule has 0 saturated heterocycles. The van der Waals surface area contributed by atoms with E-state index in [1.165, 1.54) is 6.33 Å². The molecule has 2 amide bonds. The second-order valence-corrected chi connectivity index (χ2v) is 3.36. The maximum Gasteiger partial charge on any atom is 0.315 e. The number of carbonyl (C=O) groups is 1. The number of aromatic amines is 1.